The van der Waals surface area contributed by atoms with Gasteiger partial charge in [-0.3, -0.25) is 9.59 Å². The molecule has 1 fully saturated rings. The average Bonchev–Trinajstić information content (AvgIpc) is 2.94. The predicted octanol–water partition coefficient (Wildman–Crippen LogP) is 4.26. The van der Waals surface area contributed by atoms with Crippen molar-refractivity contribution < 1.29 is 9.59 Å². The Balaban J connectivity index is 1.75. The Morgan fingerprint density at radius 3 is 2.64 bits per heavy atom. The van der Waals surface area contributed by atoms with Gasteiger partial charge in [-0.15, -0.1) is 0 Å². The number of benzene rings is 2. The van der Waals surface area contributed by atoms with E-state index in [4.69, 9.17) is 11.6 Å². The van der Waals surface area contributed by atoms with Crippen LogP contribution in [0.15, 0.2) is 36.4 Å². The van der Waals surface area contributed by atoms with Crippen molar-refractivity contribution in [2.24, 2.45) is 5.92 Å². The van der Waals surface area contributed by atoms with E-state index in [0.29, 0.717) is 11.6 Å². The molecule has 0 radical (unpaired) electrons. The van der Waals surface area contributed by atoms with E-state index in [-0.39, 0.29) is 24.2 Å². The number of anilines is 2. The molecule has 0 spiro atoms. The fourth-order valence-electron chi connectivity index (χ4n) is 3.15. The van der Waals surface area contributed by atoms with Crippen LogP contribution in [0, 0.1) is 26.7 Å². The number of aryl methyl sites for hydroxylation is 2. The van der Waals surface area contributed by atoms with Crippen molar-refractivity contribution in [3.8, 4) is 0 Å². The highest BCUT2D eigenvalue weighted by Crippen LogP contribution is 2.30. The molecule has 0 bridgehead atoms. The number of nitrogens with zero attached hydrogens (tertiary/aromatic N) is 1. The molecule has 130 valence electrons. The van der Waals surface area contributed by atoms with E-state index in [2.05, 4.69) is 5.32 Å². The maximum atomic E-state index is 12.6. The molecule has 1 atom stereocenters. The van der Waals surface area contributed by atoms with Gasteiger partial charge >= 0.3 is 0 Å². The standard InChI is InChI=1S/C20H21ClN2O2/c1-12-5-4-6-18(14(12)3)23-11-15(10-19(23)24)20(25)22-17-8-7-16(21)9-13(17)2/h4-9,15H,10-11H2,1-3H3,(H,22,25)/t15-/m0/s1. The van der Waals surface area contributed by atoms with Crippen LogP contribution < -0.4 is 10.2 Å². The molecule has 0 saturated carbocycles. The Hall–Kier alpha value is -2.33. The first kappa shape index (κ1) is 17.5. The third kappa shape index (κ3) is 3.54. The summed E-state index contributed by atoms with van der Waals surface area (Å²) >= 11 is 5.95. The second kappa shape index (κ2) is 6.89. The van der Waals surface area contributed by atoms with Crippen LogP contribution in [0.1, 0.15) is 23.1 Å². The smallest absolute Gasteiger partial charge is 0.229 e. The molecule has 5 heteroatoms. The van der Waals surface area contributed by atoms with Crippen molar-refractivity contribution in [2.75, 3.05) is 16.8 Å². The van der Waals surface area contributed by atoms with Crippen LogP contribution in [0.2, 0.25) is 5.02 Å². The monoisotopic (exact) mass is 356 g/mol. The average molecular weight is 357 g/mol. The van der Waals surface area contributed by atoms with Gasteiger partial charge < -0.3 is 10.2 Å². The highest BCUT2D eigenvalue weighted by Gasteiger charge is 2.35. The number of hydrogen-bond donors (Lipinski definition) is 1. The van der Waals surface area contributed by atoms with Gasteiger partial charge in [0.05, 0.1) is 5.92 Å². The van der Waals surface area contributed by atoms with Gasteiger partial charge in [-0.2, -0.15) is 0 Å². The Bertz CT molecular complexity index is 848. The van der Waals surface area contributed by atoms with Crippen LogP contribution in [0.25, 0.3) is 0 Å². The second-order valence-corrected chi connectivity index (χ2v) is 7.01. The lowest BCUT2D eigenvalue weighted by Crippen LogP contribution is -2.28. The summed E-state index contributed by atoms with van der Waals surface area (Å²) in [6.07, 6.45) is 0.228. The van der Waals surface area contributed by atoms with E-state index >= 15 is 0 Å². The van der Waals surface area contributed by atoms with Gasteiger partial charge in [-0.05, 0) is 61.7 Å². The van der Waals surface area contributed by atoms with Gasteiger partial charge in [-0.25, -0.2) is 0 Å². The number of nitrogens with one attached hydrogen (secondary N) is 1. The summed E-state index contributed by atoms with van der Waals surface area (Å²) in [6, 6.07) is 11.2. The minimum absolute atomic E-state index is 0.0123. The van der Waals surface area contributed by atoms with Gasteiger partial charge in [0.1, 0.15) is 0 Å². The van der Waals surface area contributed by atoms with Crippen LogP contribution in [0.3, 0.4) is 0 Å². The molecular formula is C20H21ClN2O2. The number of amides is 2. The van der Waals surface area contributed by atoms with Crippen LogP contribution in [-0.4, -0.2) is 18.4 Å². The summed E-state index contributed by atoms with van der Waals surface area (Å²) in [4.78, 5) is 26.8. The van der Waals surface area contributed by atoms with E-state index in [1.807, 2.05) is 39.0 Å². The molecule has 1 heterocycles. The molecule has 1 saturated heterocycles. The molecule has 0 unspecified atom stereocenters. The normalized spacial score (nSPS) is 17.0. The zero-order chi connectivity index (χ0) is 18.1. The van der Waals surface area contributed by atoms with Crippen LogP contribution in [-0.2, 0) is 9.59 Å². The minimum Gasteiger partial charge on any atom is -0.326 e. The maximum absolute atomic E-state index is 12.6. The zero-order valence-electron chi connectivity index (χ0n) is 14.6. The molecule has 2 aromatic rings. The Kier molecular flexibility index (Phi) is 4.82. The molecule has 1 N–H and O–H groups in total. The third-order valence-corrected chi connectivity index (χ3v) is 5.04. The number of carbonyl (C=O) groups excluding carboxylic acids is 2. The highest BCUT2D eigenvalue weighted by molar-refractivity contribution is 6.30. The van der Waals surface area contributed by atoms with Gasteiger partial charge in [0.2, 0.25) is 11.8 Å². The first-order valence-electron chi connectivity index (χ1n) is 8.30. The quantitative estimate of drug-likeness (QED) is 0.893. The molecule has 2 amide bonds. The molecule has 25 heavy (non-hydrogen) atoms. The number of halogens is 1. The highest BCUT2D eigenvalue weighted by atomic mass is 35.5. The van der Waals surface area contributed by atoms with E-state index in [9.17, 15) is 9.59 Å². The summed E-state index contributed by atoms with van der Waals surface area (Å²) in [5, 5.41) is 3.55. The van der Waals surface area contributed by atoms with Crippen LogP contribution in [0.5, 0.6) is 0 Å². The molecule has 0 aromatic heterocycles. The fourth-order valence-corrected chi connectivity index (χ4v) is 3.37. The summed E-state index contributed by atoms with van der Waals surface area (Å²) in [7, 11) is 0. The largest absolute Gasteiger partial charge is 0.326 e. The maximum Gasteiger partial charge on any atom is 0.229 e. The first-order chi connectivity index (χ1) is 11.9. The van der Waals surface area contributed by atoms with E-state index in [0.717, 1.165) is 28.1 Å². The van der Waals surface area contributed by atoms with Crippen molar-refractivity contribution in [1.29, 1.82) is 0 Å². The van der Waals surface area contributed by atoms with Crippen molar-refractivity contribution in [1.82, 2.24) is 0 Å². The fraction of sp³-hybridized carbons (Fsp3) is 0.300. The summed E-state index contributed by atoms with van der Waals surface area (Å²) in [5.41, 5.74) is 4.73. The number of hydrogen-bond acceptors (Lipinski definition) is 2. The lowest BCUT2D eigenvalue weighted by molar-refractivity contribution is -0.122. The number of carbonyl (C=O) groups is 2. The zero-order valence-corrected chi connectivity index (χ0v) is 15.4. The van der Waals surface area contributed by atoms with Gasteiger partial charge in [-0.1, -0.05) is 23.7 Å². The molecule has 1 aliphatic heterocycles. The SMILES string of the molecule is Cc1cc(Cl)ccc1NC(=O)[C@H]1CC(=O)N(c2cccc(C)c2C)C1. The van der Waals surface area contributed by atoms with Gasteiger partial charge in [0, 0.05) is 29.4 Å². The minimum atomic E-state index is -0.359. The lowest BCUT2D eigenvalue weighted by atomic mass is 10.1. The molecule has 2 aromatic carbocycles. The van der Waals surface area contributed by atoms with E-state index in [1.54, 1.807) is 23.1 Å². The van der Waals surface area contributed by atoms with Crippen molar-refractivity contribution >= 4 is 34.8 Å². The summed E-state index contributed by atoms with van der Waals surface area (Å²) in [5.74, 6) is -0.504. The molecule has 4 nitrogen and oxygen atoms in total. The van der Waals surface area contributed by atoms with Gasteiger partial charge in [0.15, 0.2) is 0 Å². The van der Waals surface area contributed by atoms with Crippen molar-refractivity contribution in [3.05, 3.63) is 58.1 Å². The summed E-state index contributed by atoms with van der Waals surface area (Å²) < 4.78 is 0. The second-order valence-electron chi connectivity index (χ2n) is 6.57. The van der Waals surface area contributed by atoms with Crippen LogP contribution in [0.4, 0.5) is 11.4 Å². The molecule has 1 aliphatic rings. The Morgan fingerprint density at radius 1 is 1.16 bits per heavy atom. The van der Waals surface area contributed by atoms with E-state index < -0.39 is 0 Å². The summed E-state index contributed by atoms with van der Waals surface area (Å²) in [6.45, 7) is 6.32. The third-order valence-electron chi connectivity index (χ3n) is 4.81. The van der Waals surface area contributed by atoms with Crippen molar-refractivity contribution in [2.45, 2.75) is 27.2 Å². The molecular weight excluding hydrogens is 336 g/mol. The first-order valence-corrected chi connectivity index (χ1v) is 8.68. The molecule has 3 rings (SSSR count). The Morgan fingerprint density at radius 2 is 1.92 bits per heavy atom. The van der Waals surface area contributed by atoms with E-state index in [1.165, 1.54) is 0 Å². The molecule has 0 aliphatic carbocycles. The van der Waals surface area contributed by atoms with Crippen LogP contribution >= 0.6 is 11.6 Å². The predicted molar refractivity (Wildman–Crippen MR) is 101 cm³/mol. The van der Waals surface area contributed by atoms with Crippen molar-refractivity contribution in [3.63, 3.8) is 0 Å². The topological polar surface area (TPSA) is 49.4 Å². The number of rotatable bonds is 3. The Labute approximate surface area is 152 Å². The lowest BCUT2D eigenvalue weighted by Gasteiger charge is -2.20. The van der Waals surface area contributed by atoms with Gasteiger partial charge in [0.25, 0.3) is 0 Å².